The molecule has 2 heterocycles. The molecule has 0 radical (unpaired) electrons. The molecule has 1 aromatic heterocycles. The number of hydrogen-bond acceptors (Lipinski definition) is 3. The molecule has 1 saturated heterocycles. The maximum atomic E-state index is 12.7. The molecular weight excluding hydrogens is 340 g/mol. The quantitative estimate of drug-likeness (QED) is 0.878. The maximum absolute atomic E-state index is 12.7. The predicted octanol–water partition coefficient (Wildman–Crippen LogP) is 1.85. The number of benzene rings is 1. The minimum atomic E-state index is -0.0146. The van der Waals surface area contributed by atoms with Crippen molar-refractivity contribution < 1.29 is 4.79 Å². The van der Waals surface area contributed by atoms with Crippen LogP contribution in [0.15, 0.2) is 29.1 Å². The number of hydrogen-bond donors (Lipinski definition) is 1. The first kappa shape index (κ1) is 19.5. The maximum Gasteiger partial charge on any atom is 0.329 e. The number of nitrogens with one attached hydrogen (secondary N) is 1. The van der Waals surface area contributed by atoms with Crippen LogP contribution in [0.4, 0.5) is 0 Å². The molecule has 138 valence electrons. The van der Waals surface area contributed by atoms with Gasteiger partial charge < -0.3 is 10.2 Å². The van der Waals surface area contributed by atoms with Gasteiger partial charge in [-0.25, -0.2) is 4.79 Å². The van der Waals surface area contributed by atoms with E-state index in [0.29, 0.717) is 19.5 Å². The summed E-state index contributed by atoms with van der Waals surface area (Å²) in [6.45, 7) is 7.68. The van der Waals surface area contributed by atoms with Crippen molar-refractivity contribution in [3.63, 3.8) is 0 Å². The second kappa shape index (κ2) is 8.54. The van der Waals surface area contributed by atoms with Crippen molar-refractivity contribution in [1.82, 2.24) is 19.4 Å². The molecule has 6 nitrogen and oxygen atoms in total. The molecule has 1 aliphatic rings. The van der Waals surface area contributed by atoms with Gasteiger partial charge in [-0.3, -0.25) is 13.9 Å². The Hall–Kier alpha value is -1.79. The van der Waals surface area contributed by atoms with Crippen LogP contribution in [-0.4, -0.2) is 45.6 Å². The third-order valence-electron chi connectivity index (χ3n) is 4.74. The van der Waals surface area contributed by atoms with Crippen LogP contribution in [0.3, 0.4) is 0 Å². The first-order valence-corrected chi connectivity index (χ1v) is 8.81. The van der Waals surface area contributed by atoms with Crippen LogP contribution in [0.2, 0.25) is 0 Å². The van der Waals surface area contributed by atoms with E-state index in [1.165, 1.54) is 0 Å². The first-order valence-electron chi connectivity index (χ1n) is 8.81. The number of amides is 1. The Morgan fingerprint density at radius 2 is 1.84 bits per heavy atom. The van der Waals surface area contributed by atoms with E-state index in [4.69, 9.17) is 0 Å². The summed E-state index contributed by atoms with van der Waals surface area (Å²) in [6, 6.07) is 8.04. The molecule has 25 heavy (non-hydrogen) atoms. The van der Waals surface area contributed by atoms with Crippen LogP contribution in [-0.2, 0) is 17.9 Å². The third-order valence-corrected chi connectivity index (χ3v) is 4.74. The van der Waals surface area contributed by atoms with Crippen LogP contribution in [0.25, 0.3) is 11.0 Å². The highest BCUT2D eigenvalue weighted by molar-refractivity contribution is 5.85. The van der Waals surface area contributed by atoms with Crippen LogP contribution in [0, 0.1) is 0 Å². The van der Waals surface area contributed by atoms with Gasteiger partial charge >= 0.3 is 5.69 Å². The number of nitrogens with zero attached hydrogens (tertiary/aromatic N) is 3. The summed E-state index contributed by atoms with van der Waals surface area (Å²) >= 11 is 0. The standard InChI is InChI=1S/C18H26N4O2.ClH/c1-3-10-21-15-6-4-5-7-16(15)22(18(21)24)11-8-17(23)20-12-9-19-13-14(20)2;/h4-7,14,19H,3,8-13H2,1-2H3;1H. The number of carbonyl (C=O) groups is 1. The largest absolute Gasteiger partial charge is 0.337 e. The molecule has 2 aromatic rings. The Morgan fingerprint density at radius 3 is 2.44 bits per heavy atom. The number of carbonyl (C=O) groups excluding carboxylic acids is 1. The monoisotopic (exact) mass is 366 g/mol. The fraction of sp³-hybridized carbons (Fsp3) is 0.556. The second-order valence-electron chi connectivity index (χ2n) is 6.46. The summed E-state index contributed by atoms with van der Waals surface area (Å²) in [4.78, 5) is 27.2. The Kier molecular flexibility index (Phi) is 6.67. The van der Waals surface area contributed by atoms with Crippen molar-refractivity contribution >= 4 is 29.3 Å². The van der Waals surface area contributed by atoms with Crippen molar-refractivity contribution in [2.75, 3.05) is 19.6 Å². The van der Waals surface area contributed by atoms with E-state index in [-0.39, 0.29) is 30.0 Å². The van der Waals surface area contributed by atoms with Crippen LogP contribution >= 0.6 is 12.4 Å². The van der Waals surface area contributed by atoms with Crippen molar-refractivity contribution in [1.29, 1.82) is 0 Å². The molecule has 1 aliphatic heterocycles. The van der Waals surface area contributed by atoms with E-state index in [1.807, 2.05) is 33.7 Å². The summed E-state index contributed by atoms with van der Waals surface area (Å²) in [5.74, 6) is 0.128. The van der Waals surface area contributed by atoms with Crippen LogP contribution < -0.4 is 11.0 Å². The first-order chi connectivity index (χ1) is 11.6. The number of imidazole rings is 1. The molecule has 0 bridgehead atoms. The van der Waals surface area contributed by atoms with E-state index >= 15 is 0 Å². The molecule has 1 atom stereocenters. The summed E-state index contributed by atoms with van der Waals surface area (Å²) in [5, 5.41) is 3.29. The minimum Gasteiger partial charge on any atom is -0.337 e. The van der Waals surface area contributed by atoms with Crippen LogP contribution in [0.5, 0.6) is 0 Å². The van der Waals surface area contributed by atoms with Gasteiger partial charge in [-0.15, -0.1) is 12.4 Å². The van der Waals surface area contributed by atoms with Gasteiger partial charge in [-0.1, -0.05) is 19.1 Å². The lowest BCUT2D eigenvalue weighted by Gasteiger charge is -2.34. The summed E-state index contributed by atoms with van der Waals surface area (Å²) in [7, 11) is 0. The van der Waals surface area contributed by atoms with E-state index in [2.05, 4.69) is 19.2 Å². The minimum absolute atomic E-state index is 0. The highest BCUT2D eigenvalue weighted by atomic mass is 35.5. The van der Waals surface area contributed by atoms with Gasteiger partial charge in [0.15, 0.2) is 0 Å². The molecule has 1 aromatic carbocycles. The third kappa shape index (κ3) is 3.90. The van der Waals surface area contributed by atoms with Crippen molar-refractivity contribution in [2.24, 2.45) is 0 Å². The lowest BCUT2D eigenvalue weighted by atomic mass is 10.2. The van der Waals surface area contributed by atoms with Gasteiger partial charge in [0.25, 0.3) is 0 Å². The topological polar surface area (TPSA) is 59.3 Å². The zero-order chi connectivity index (χ0) is 17.1. The van der Waals surface area contributed by atoms with Crippen molar-refractivity contribution in [3.05, 3.63) is 34.7 Å². The van der Waals surface area contributed by atoms with Crippen LogP contribution in [0.1, 0.15) is 26.7 Å². The molecule has 3 rings (SSSR count). The Morgan fingerprint density at radius 1 is 1.20 bits per heavy atom. The zero-order valence-electron chi connectivity index (χ0n) is 14.9. The molecule has 1 amide bonds. The highest BCUT2D eigenvalue weighted by Gasteiger charge is 2.23. The second-order valence-corrected chi connectivity index (χ2v) is 6.46. The summed E-state index contributed by atoms with van der Waals surface area (Å²) < 4.78 is 3.56. The number of piperazine rings is 1. The fourth-order valence-corrected chi connectivity index (χ4v) is 3.49. The van der Waals surface area contributed by atoms with Gasteiger partial charge in [0.05, 0.1) is 11.0 Å². The molecule has 7 heteroatoms. The number of halogens is 1. The van der Waals surface area contributed by atoms with E-state index in [0.717, 1.165) is 37.1 Å². The molecular formula is C18H27ClN4O2. The zero-order valence-corrected chi connectivity index (χ0v) is 15.7. The van der Waals surface area contributed by atoms with Gasteiger partial charge in [0.2, 0.25) is 5.91 Å². The van der Waals surface area contributed by atoms with E-state index in [9.17, 15) is 9.59 Å². The lowest BCUT2D eigenvalue weighted by Crippen LogP contribution is -2.52. The fourth-order valence-electron chi connectivity index (χ4n) is 3.49. The predicted molar refractivity (Wildman–Crippen MR) is 102 cm³/mol. The number of rotatable bonds is 5. The van der Waals surface area contributed by atoms with E-state index in [1.54, 1.807) is 4.57 Å². The SMILES string of the molecule is CCCn1c(=O)n(CCC(=O)N2CCNCC2C)c2ccccc21.Cl. The Balaban J connectivity index is 0.00000225. The van der Waals surface area contributed by atoms with Crippen molar-refractivity contribution in [3.8, 4) is 0 Å². The number of aryl methyl sites for hydroxylation is 2. The van der Waals surface area contributed by atoms with Gasteiger partial charge in [-0.2, -0.15) is 0 Å². The normalized spacial score (nSPS) is 17.5. The number of aromatic nitrogens is 2. The number of fused-ring (bicyclic) bond motifs is 1. The molecule has 0 aliphatic carbocycles. The highest BCUT2D eigenvalue weighted by Crippen LogP contribution is 2.14. The smallest absolute Gasteiger partial charge is 0.329 e. The molecule has 0 spiro atoms. The lowest BCUT2D eigenvalue weighted by molar-refractivity contribution is -0.134. The Bertz CT molecular complexity index is 783. The average Bonchev–Trinajstić information content (AvgIpc) is 2.86. The molecule has 0 saturated carbocycles. The summed E-state index contributed by atoms with van der Waals surface area (Å²) in [5.41, 5.74) is 1.85. The Labute approximate surface area is 154 Å². The van der Waals surface area contributed by atoms with Gasteiger partial charge in [0, 0.05) is 45.2 Å². The summed E-state index contributed by atoms with van der Waals surface area (Å²) in [6.07, 6.45) is 1.27. The van der Waals surface area contributed by atoms with Crippen molar-refractivity contribution in [2.45, 2.75) is 45.8 Å². The van der Waals surface area contributed by atoms with Gasteiger partial charge in [-0.05, 0) is 25.5 Å². The van der Waals surface area contributed by atoms with Gasteiger partial charge in [0.1, 0.15) is 0 Å². The molecule has 1 unspecified atom stereocenters. The average molecular weight is 367 g/mol. The van der Waals surface area contributed by atoms with E-state index < -0.39 is 0 Å². The number of para-hydroxylation sites is 2. The molecule has 1 fully saturated rings. The molecule has 1 N–H and O–H groups in total.